The molecule has 11 N–H and O–H groups in total. The molecule has 0 heterocycles. The maximum absolute atomic E-state index is 10.8. The van der Waals surface area contributed by atoms with Gasteiger partial charge in [-0.2, -0.15) is 8.42 Å². The van der Waals surface area contributed by atoms with Gasteiger partial charge in [-0.3, -0.25) is 39.4 Å². The number of unbranched alkanes of at least 4 members (excludes halogenated alkanes) is 3. The first-order valence-corrected chi connectivity index (χ1v) is 25.1. The van der Waals surface area contributed by atoms with Gasteiger partial charge in [0.25, 0.3) is 17.1 Å². The summed E-state index contributed by atoms with van der Waals surface area (Å²) in [6.07, 6.45) is 7.55. The number of sulfonamides is 2. The average Bonchev–Trinajstić information content (AvgIpc) is 3.22. The van der Waals surface area contributed by atoms with E-state index in [-0.39, 0.29) is 17.1 Å². The summed E-state index contributed by atoms with van der Waals surface area (Å²) in [7, 11) is -10.8. The second-order valence-corrected chi connectivity index (χ2v) is 18.4. The number of nitrogens with one attached hydrogen (secondary N) is 5. The summed E-state index contributed by atoms with van der Waals surface area (Å²) in [5.74, 6) is 0. The molecule has 0 bridgehead atoms. The molecule has 4 aromatic rings. The van der Waals surface area contributed by atoms with Crippen LogP contribution in [0.15, 0.2) is 97.1 Å². The Balaban J connectivity index is 0.000000838. The fourth-order valence-corrected chi connectivity index (χ4v) is 5.70. The molecule has 0 aliphatic heterocycles. The Bertz CT molecular complexity index is 2340. The minimum absolute atomic E-state index is 0.0582. The molecular formula is C38H57ClN10O14S3. The van der Waals surface area contributed by atoms with E-state index in [0.717, 1.165) is 80.6 Å². The minimum Gasteiger partial charge on any atom is -0.399 e. The molecule has 4 rings (SSSR count). The van der Waals surface area contributed by atoms with Crippen LogP contribution in [0.25, 0.3) is 0 Å². The molecule has 0 aromatic heterocycles. The molecule has 0 amide bonds. The van der Waals surface area contributed by atoms with Gasteiger partial charge < -0.3 is 27.4 Å². The SMILES string of the molecule is CS(=O)(=O)NCCCCNc1ccc(N)cc1.CS(=O)(=O)NCCCCNc1ccc([N+](=O)[O-])cc1.NCCCCNc1ccc([N+](=O)[O-])cc1.O=S(=O)(O)O.O=[N+]([O-])c1ccc(Cl)cc1. The zero-order valence-corrected chi connectivity index (χ0v) is 39.3. The summed E-state index contributed by atoms with van der Waals surface area (Å²) < 4.78 is 79.6. The van der Waals surface area contributed by atoms with E-state index in [1.165, 1.54) is 54.8 Å². The topological polar surface area (TPSA) is 384 Å². The number of hydrogen-bond acceptors (Lipinski definition) is 17. The van der Waals surface area contributed by atoms with Crippen LogP contribution in [0.4, 0.5) is 39.8 Å². The summed E-state index contributed by atoms with van der Waals surface area (Å²) in [6.45, 7) is 3.94. The highest BCUT2D eigenvalue weighted by Gasteiger charge is 2.05. The molecule has 0 saturated heterocycles. The zero-order valence-electron chi connectivity index (χ0n) is 36.1. The fourth-order valence-electron chi connectivity index (χ4n) is 4.55. The number of nitro groups is 3. The van der Waals surface area contributed by atoms with Crippen LogP contribution in [-0.2, 0) is 30.4 Å². The van der Waals surface area contributed by atoms with Gasteiger partial charge in [0.05, 0.1) is 27.3 Å². The Morgan fingerprint density at radius 3 is 1.03 bits per heavy atom. The number of rotatable bonds is 22. The van der Waals surface area contributed by atoms with Gasteiger partial charge in [0, 0.05) is 96.9 Å². The fraction of sp³-hybridized carbons (Fsp3) is 0.368. The first-order valence-electron chi connectivity index (χ1n) is 19.5. The van der Waals surface area contributed by atoms with Crippen molar-refractivity contribution in [3.05, 3.63) is 132 Å². The standard InChI is InChI=1S/C11H17N3O4S.C11H19N3O2S.C10H15N3O2.C6H4ClNO2.H2O4S/c1-19(17,18)13-9-3-2-8-12-10-4-6-11(7-5-10)14(15)16;1-17(15,16)14-9-3-2-8-13-11-6-4-10(12)5-7-11;11-7-1-2-8-12-9-3-5-10(6-4-9)13(14)15;7-5-1-3-6(4-2-5)8(9)10;1-5(2,3)4/h4-7,12-13H,2-3,8-9H2,1H3;4-7,13-14H,2-3,8-9,12H2,1H3;3-6,12H,1-2,7-8,11H2;1-4H;(H2,1,2,3,4). The lowest BCUT2D eigenvalue weighted by Gasteiger charge is -2.06. The zero-order chi connectivity index (χ0) is 50.2. The Hall–Kier alpha value is -5.78. The highest BCUT2D eigenvalue weighted by atomic mass is 35.5. The predicted molar refractivity (Wildman–Crippen MR) is 257 cm³/mol. The van der Waals surface area contributed by atoms with E-state index in [9.17, 15) is 47.2 Å². The van der Waals surface area contributed by atoms with Crippen LogP contribution >= 0.6 is 11.6 Å². The molecule has 4 aromatic carbocycles. The molecule has 24 nitrogen and oxygen atoms in total. The number of non-ortho nitro benzene ring substituents is 3. The van der Waals surface area contributed by atoms with Crippen molar-refractivity contribution in [2.24, 2.45) is 5.73 Å². The van der Waals surface area contributed by atoms with Gasteiger partial charge in [0.1, 0.15) is 0 Å². The van der Waals surface area contributed by atoms with Crippen molar-refractivity contribution in [1.82, 2.24) is 9.44 Å². The van der Waals surface area contributed by atoms with Crippen LogP contribution in [0, 0.1) is 30.3 Å². The summed E-state index contributed by atoms with van der Waals surface area (Å²) >= 11 is 5.49. The maximum atomic E-state index is 10.8. The van der Waals surface area contributed by atoms with E-state index in [2.05, 4.69) is 25.4 Å². The highest BCUT2D eigenvalue weighted by Crippen LogP contribution is 2.17. The van der Waals surface area contributed by atoms with Crippen molar-refractivity contribution in [3.63, 3.8) is 0 Å². The number of halogens is 1. The smallest absolute Gasteiger partial charge is 0.394 e. The van der Waals surface area contributed by atoms with Gasteiger partial charge in [-0.05, 0) is 106 Å². The summed E-state index contributed by atoms with van der Waals surface area (Å²) in [4.78, 5) is 29.6. The van der Waals surface area contributed by atoms with Crippen molar-refractivity contribution in [1.29, 1.82) is 0 Å². The molecule has 0 spiro atoms. The van der Waals surface area contributed by atoms with E-state index in [1.54, 1.807) is 24.3 Å². The van der Waals surface area contributed by atoms with Crippen LogP contribution < -0.4 is 36.9 Å². The van der Waals surface area contributed by atoms with Crippen LogP contribution in [0.2, 0.25) is 5.02 Å². The normalized spacial score (nSPS) is 10.7. The first kappa shape index (κ1) is 60.2. The molecule has 368 valence electrons. The number of nitro benzene ring substituents is 3. The lowest BCUT2D eigenvalue weighted by Crippen LogP contribution is -2.23. The van der Waals surface area contributed by atoms with Crippen LogP contribution in [-0.4, -0.2) is 101 Å². The lowest BCUT2D eigenvalue weighted by molar-refractivity contribution is -0.385. The molecule has 0 unspecified atom stereocenters. The average molecular weight is 1010 g/mol. The molecule has 0 atom stereocenters. The van der Waals surface area contributed by atoms with Gasteiger partial charge in [-0.25, -0.2) is 26.3 Å². The summed E-state index contributed by atoms with van der Waals surface area (Å²) in [5, 5.41) is 40.9. The number of nitrogens with two attached hydrogens (primary N) is 2. The van der Waals surface area contributed by atoms with Crippen molar-refractivity contribution in [3.8, 4) is 0 Å². The van der Waals surface area contributed by atoms with E-state index in [0.29, 0.717) is 31.2 Å². The van der Waals surface area contributed by atoms with Crippen molar-refractivity contribution >= 4 is 81.9 Å². The second kappa shape index (κ2) is 32.8. The molecular weight excluding hydrogens is 952 g/mol. The van der Waals surface area contributed by atoms with Crippen molar-refractivity contribution in [2.45, 2.75) is 38.5 Å². The molecule has 66 heavy (non-hydrogen) atoms. The van der Waals surface area contributed by atoms with Gasteiger partial charge in [-0.15, -0.1) is 0 Å². The highest BCUT2D eigenvalue weighted by molar-refractivity contribution is 7.89. The van der Waals surface area contributed by atoms with Crippen molar-refractivity contribution < 1.29 is 49.1 Å². The quantitative estimate of drug-likeness (QED) is 0.0150. The van der Waals surface area contributed by atoms with E-state index < -0.39 is 45.2 Å². The van der Waals surface area contributed by atoms with Crippen LogP contribution in [0.5, 0.6) is 0 Å². The van der Waals surface area contributed by atoms with Crippen LogP contribution in [0.3, 0.4) is 0 Å². The Morgan fingerprint density at radius 2 is 0.758 bits per heavy atom. The number of hydrogen-bond donors (Lipinski definition) is 9. The molecule has 0 aliphatic carbocycles. The van der Waals surface area contributed by atoms with E-state index in [1.807, 2.05) is 24.3 Å². The summed E-state index contributed by atoms with van der Waals surface area (Å²) in [5.41, 5.74) is 14.6. The Morgan fingerprint density at radius 1 is 0.500 bits per heavy atom. The Labute approximate surface area is 389 Å². The van der Waals surface area contributed by atoms with Crippen LogP contribution in [0.1, 0.15) is 38.5 Å². The minimum atomic E-state index is -4.67. The van der Waals surface area contributed by atoms with E-state index >= 15 is 0 Å². The lowest BCUT2D eigenvalue weighted by atomic mass is 10.2. The first-order chi connectivity index (χ1) is 30.8. The second-order valence-electron chi connectivity index (χ2n) is 13.4. The Kier molecular flexibility index (Phi) is 29.9. The molecule has 0 aliphatic rings. The number of nitrogen functional groups attached to an aromatic ring is 1. The van der Waals surface area contributed by atoms with Crippen molar-refractivity contribution in [2.75, 3.05) is 73.5 Å². The third-order valence-electron chi connectivity index (χ3n) is 7.66. The predicted octanol–water partition coefficient (Wildman–Crippen LogP) is 5.69. The third-order valence-corrected chi connectivity index (χ3v) is 9.37. The third kappa shape index (κ3) is 36.5. The van der Waals surface area contributed by atoms with Gasteiger partial charge >= 0.3 is 10.4 Å². The van der Waals surface area contributed by atoms with E-state index in [4.69, 9.17) is 40.6 Å². The molecule has 0 fully saturated rings. The molecule has 0 radical (unpaired) electrons. The van der Waals surface area contributed by atoms with Gasteiger partial charge in [0.15, 0.2) is 0 Å². The number of nitrogens with zero attached hydrogens (tertiary/aromatic N) is 3. The molecule has 28 heteroatoms. The largest absolute Gasteiger partial charge is 0.399 e. The number of benzene rings is 4. The summed E-state index contributed by atoms with van der Waals surface area (Å²) in [6, 6.07) is 25.8. The van der Waals surface area contributed by atoms with Gasteiger partial charge in [-0.1, -0.05) is 11.6 Å². The number of anilines is 4. The molecule has 0 saturated carbocycles. The maximum Gasteiger partial charge on any atom is 0.394 e. The van der Waals surface area contributed by atoms with Gasteiger partial charge in [0.2, 0.25) is 20.0 Å². The monoisotopic (exact) mass is 1010 g/mol.